The molecule has 4 heteroatoms. The number of hydrogen-bond acceptors (Lipinski definition) is 2. The fourth-order valence-electron chi connectivity index (χ4n) is 1.72. The summed E-state index contributed by atoms with van der Waals surface area (Å²) in [5.74, 6) is -0.240. The molecule has 0 aromatic heterocycles. The van der Waals surface area contributed by atoms with Gasteiger partial charge in [0.15, 0.2) is 0 Å². The van der Waals surface area contributed by atoms with Crippen LogP contribution in [0, 0.1) is 5.82 Å². The van der Waals surface area contributed by atoms with Crippen molar-refractivity contribution in [2.45, 2.75) is 25.5 Å². The van der Waals surface area contributed by atoms with Crippen LogP contribution < -0.4 is 5.32 Å². The molecule has 1 aromatic carbocycles. The smallest absolute Gasteiger partial charge is 0.137 e. The summed E-state index contributed by atoms with van der Waals surface area (Å²) in [5, 5.41) is 3.34. The first-order chi connectivity index (χ1) is 7.16. The van der Waals surface area contributed by atoms with Crippen molar-refractivity contribution in [2.24, 2.45) is 0 Å². The van der Waals surface area contributed by atoms with Gasteiger partial charge in [-0.2, -0.15) is 0 Å². The highest BCUT2D eigenvalue weighted by Gasteiger charge is 2.23. The highest BCUT2D eigenvalue weighted by molar-refractivity contribution is 9.10. The monoisotopic (exact) mass is 273 g/mol. The molecule has 15 heavy (non-hydrogen) atoms. The van der Waals surface area contributed by atoms with Crippen LogP contribution in [0.25, 0.3) is 0 Å². The van der Waals surface area contributed by atoms with Crippen molar-refractivity contribution >= 4 is 21.6 Å². The molecule has 0 spiro atoms. The van der Waals surface area contributed by atoms with E-state index in [0.717, 1.165) is 18.7 Å². The maximum atomic E-state index is 13.0. The molecule has 1 N–H and O–H groups in total. The van der Waals surface area contributed by atoms with E-state index in [1.165, 1.54) is 6.07 Å². The van der Waals surface area contributed by atoms with Gasteiger partial charge in [-0.3, -0.25) is 0 Å². The van der Waals surface area contributed by atoms with Gasteiger partial charge in [0.05, 0.1) is 16.6 Å². The summed E-state index contributed by atoms with van der Waals surface area (Å²) >= 11 is 3.16. The van der Waals surface area contributed by atoms with Gasteiger partial charge in [0, 0.05) is 12.3 Å². The zero-order valence-electron chi connectivity index (χ0n) is 8.47. The first-order valence-corrected chi connectivity index (χ1v) is 5.79. The highest BCUT2D eigenvalue weighted by Crippen LogP contribution is 2.23. The summed E-state index contributed by atoms with van der Waals surface area (Å²) < 4.78 is 18.9. The van der Waals surface area contributed by atoms with Crippen LogP contribution in [0.5, 0.6) is 0 Å². The number of nitrogens with one attached hydrogen (secondary N) is 1. The predicted octanol–water partition coefficient (Wildman–Crippen LogP) is 3.18. The number of rotatable bonds is 2. The van der Waals surface area contributed by atoms with Crippen LogP contribution >= 0.6 is 15.9 Å². The van der Waals surface area contributed by atoms with E-state index in [2.05, 4.69) is 21.2 Å². The predicted molar refractivity (Wildman–Crippen MR) is 61.5 cm³/mol. The van der Waals surface area contributed by atoms with Gasteiger partial charge in [0.2, 0.25) is 0 Å². The van der Waals surface area contributed by atoms with Crippen molar-refractivity contribution in [1.82, 2.24) is 0 Å². The fourth-order valence-corrected chi connectivity index (χ4v) is 2.10. The normalized spacial score (nSPS) is 25.5. The van der Waals surface area contributed by atoms with E-state index in [9.17, 15) is 4.39 Å². The van der Waals surface area contributed by atoms with Crippen LogP contribution in [0.3, 0.4) is 0 Å². The van der Waals surface area contributed by atoms with Crippen LogP contribution in [0.4, 0.5) is 10.1 Å². The van der Waals surface area contributed by atoms with Crippen molar-refractivity contribution in [3.63, 3.8) is 0 Å². The number of benzene rings is 1. The van der Waals surface area contributed by atoms with Crippen LogP contribution in [-0.4, -0.2) is 18.8 Å². The van der Waals surface area contributed by atoms with Gasteiger partial charge in [-0.1, -0.05) is 0 Å². The molecule has 2 rings (SSSR count). The Labute approximate surface area is 96.9 Å². The molecule has 1 saturated heterocycles. The zero-order chi connectivity index (χ0) is 10.8. The topological polar surface area (TPSA) is 21.3 Å². The molecular formula is C11H13BrFNO. The van der Waals surface area contributed by atoms with Gasteiger partial charge in [-0.05, 0) is 47.5 Å². The quantitative estimate of drug-likeness (QED) is 0.894. The Balaban J connectivity index is 2.07. The maximum Gasteiger partial charge on any atom is 0.137 e. The third-order valence-corrected chi connectivity index (χ3v) is 3.26. The minimum atomic E-state index is -0.240. The molecule has 0 unspecified atom stereocenters. The Morgan fingerprint density at radius 1 is 1.53 bits per heavy atom. The molecule has 2 nitrogen and oxygen atoms in total. The average molecular weight is 274 g/mol. The number of halogens is 2. The van der Waals surface area contributed by atoms with Gasteiger partial charge in [0.25, 0.3) is 0 Å². The minimum absolute atomic E-state index is 0.217. The maximum absolute atomic E-state index is 13.0. The second-order valence-electron chi connectivity index (χ2n) is 3.74. The van der Waals surface area contributed by atoms with Crippen LogP contribution in [-0.2, 0) is 4.74 Å². The summed E-state index contributed by atoms with van der Waals surface area (Å²) in [6.45, 7) is 2.84. The summed E-state index contributed by atoms with van der Waals surface area (Å²) in [4.78, 5) is 0. The molecule has 0 saturated carbocycles. The summed E-state index contributed by atoms with van der Waals surface area (Å²) in [6.07, 6.45) is 1.21. The lowest BCUT2D eigenvalue weighted by molar-refractivity contribution is 0.121. The van der Waals surface area contributed by atoms with Gasteiger partial charge in [-0.15, -0.1) is 0 Å². The first-order valence-electron chi connectivity index (χ1n) is 5.00. The highest BCUT2D eigenvalue weighted by atomic mass is 79.9. The average Bonchev–Trinajstić information content (AvgIpc) is 2.59. The van der Waals surface area contributed by atoms with Crippen molar-refractivity contribution in [3.05, 3.63) is 28.5 Å². The molecule has 0 aliphatic carbocycles. The van der Waals surface area contributed by atoms with Crippen molar-refractivity contribution in [2.75, 3.05) is 11.9 Å². The van der Waals surface area contributed by atoms with Crippen LogP contribution in [0.2, 0.25) is 0 Å². The molecule has 82 valence electrons. The van der Waals surface area contributed by atoms with Gasteiger partial charge >= 0.3 is 0 Å². The van der Waals surface area contributed by atoms with Gasteiger partial charge in [0.1, 0.15) is 5.82 Å². The summed E-state index contributed by atoms with van der Waals surface area (Å²) in [7, 11) is 0. The molecule has 1 fully saturated rings. The zero-order valence-corrected chi connectivity index (χ0v) is 10.1. The lowest BCUT2D eigenvalue weighted by atomic mass is 10.1. The second-order valence-corrected chi connectivity index (χ2v) is 4.60. The van der Waals surface area contributed by atoms with Crippen molar-refractivity contribution in [3.8, 4) is 0 Å². The van der Waals surface area contributed by atoms with Gasteiger partial charge in [-0.25, -0.2) is 4.39 Å². The van der Waals surface area contributed by atoms with Crippen molar-refractivity contribution in [1.29, 1.82) is 0 Å². The minimum Gasteiger partial charge on any atom is -0.380 e. The van der Waals surface area contributed by atoms with Crippen molar-refractivity contribution < 1.29 is 9.13 Å². The molecule has 0 radical (unpaired) electrons. The van der Waals surface area contributed by atoms with Gasteiger partial charge < -0.3 is 10.1 Å². The van der Waals surface area contributed by atoms with Crippen LogP contribution in [0.15, 0.2) is 22.7 Å². The third-order valence-electron chi connectivity index (χ3n) is 2.65. The molecule has 1 aromatic rings. The number of anilines is 1. The lowest BCUT2D eigenvalue weighted by Crippen LogP contribution is -2.26. The second kappa shape index (κ2) is 4.49. The van der Waals surface area contributed by atoms with E-state index in [0.29, 0.717) is 10.5 Å². The molecule has 1 aliphatic rings. The Morgan fingerprint density at radius 3 is 2.93 bits per heavy atom. The van der Waals surface area contributed by atoms with E-state index in [4.69, 9.17) is 4.74 Å². The molecule has 1 heterocycles. The number of ether oxygens (including phenoxy) is 1. The van der Waals surface area contributed by atoms with E-state index >= 15 is 0 Å². The Kier molecular flexibility index (Phi) is 3.26. The van der Waals surface area contributed by atoms with Crippen LogP contribution in [0.1, 0.15) is 13.3 Å². The molecule has 1 aliphatic heterocycles. The first kappa shape index (κ1) is 10.9. The molecule has 0 bridgehead atoms. The number of hydrogen-bond donors (Lipinski definition) is 1. The molecule has 0 amide bonds. The molecule has 2 atom stereocenters. The SMILES string of the molecule is C[C@@H]1OCC[C@H]1Nc1ccc(F)c(Br)c1. The van der Waals surface area contributed by atoms with E-state index in [1.807, 2.05) is 6.92 Å². The lowest BCUT2D eigenvalue weighted by Gasteiger charge is -2.17. The van der Waals surface area contributed by atoms with E-state index < -0.39 is 0 Å². The van der Waals surface area contributed by atoms with E-state index in [1.54, 1.807) is 12.1 Å². The Hall–Kier alpha value is -0.610. The Bertz CT molecular complexity index is 358. The summed E-state index contributed by atoms with van der Waals surface area (Å²) in [6, 6.07) is 5.26. The molecular weight excluding hydrogens is 261 g/mol. The summed E-state index contributed by atoms with van der Waals surface area (Å²) in [5.41, 5.74) is 0.922. The standard InChI is InChI=1S/C11H13BrFNO/c1-7-11(4-5-15-7)14-8-2-3-10(13)9(12)6-8/h2-3,6-7,11,14H,4-5H2,1H3/t7-,11+/m0/s1. The Morgan fingerprint density at radius 2 is 2.33 bits per heavy atom. The fraction of sp³-hybridized carbons (Fsp3) is 0.455. The third kappa shape index (κ3) is 2.49. The largest absolute Gasteiger partial charge is 0.380 e. The van der Waals surface area contributed by atoms with E-state index in [-0.39, 0.29) is 11.9 Å².